The third kappa shape index (κ3) is 3.24. The summed E-state index contributed by atoms with van der Waals surface area (Å²) in [5.41, 5.74) is 2.98. The zero-order valence-corrected chi connectivity index (χ0v) is 16.6. The van der Waals surface area contributed by atoms with Gasteiger partial charge in [0, 0.05) is 10.9 Å². The number of nitriles is 1. The van der Waals surface area contributed by atoms with E-state index in [-0.39, 0.29) is 4.90 Å². The Bertz CT molecular complexity index is 1360. The second-order valence-corrected chi connectivity index (χ2v) is 8.35. The topological polar surface area (TPSA) is 85.0 Å². The van der Waals surface area contributed by atoms with Crippen LogP contribution in [0.25, 0.3) is 22.2 Å². The molecule has 0 fully saturated rings. The lowest BCUT2D eigenvalue weighted by atomic mass is 10.1. The second kappa shape index (κ2) is 7.08. The number of methoxy groups -OCH3 is 1. The fourth-order valence-corrected chi connectivity index (χ4v) is 4.43. The summed E-state index contributed by atoms with van der Waals surface area (Å²) in [5.74, 6) is 0.586. The van der Waals surface area contributed by atoms with Crippen molar-refractivity contribution in [2.24, 2.45) is 0 Å². The molecule has 0 aliphatic rings. The Morgan fingerprint density at radius 1 is 1.03 bits per heavy atom. The minimum atomic E-state index is -3.91. The van der Waals surface area contributed by atoms with Crippen LogP contribution in [-0.4, -0.2) is 24.7 Å². The number of rotatable bonds is 4. The maximum absolute atomic E-state index is 13.3. The van der Waals surface area contributed by atoms with Crippen molar-refractivity contribution in [3.05, 3.63) is 77.9 Å². The van der Waals surface area contributed by atoms with E-state index in [1.807, 2.05) is 6.92 Å². The van der Waals surface area contributed by atoms with Crippen LogP contribution in [0.4, 0.5) is 0 Å². The molecule has 144 valence electrons. The Labute approximate surface area is 168 Å². The molecule has 1 heterocycles. The van der Waals surface area contributed by atoms with Crippen LogP contribution in [-0.2, 0) is 10.0 Å². The van der Waals surface area contributed by atoms with Crippen molar-refractivity contribution in [1.82, 2.24) is 9.19 Å². The van der Waals surface area contributed by atoms with Gasteiger partial charge in [-0.2, -0.15) is 22.9 Å². The predicted octanol–water partition coefficient (Wildman–Crippen LogP) is 4.13. The Morgan fingerprint density at radius 2 is 1.79 bits per heavy atom. The molecule has 0 aliphatic heterocycles. The van der Waals surface area contributed by atoms with Crippen LogP contribution >= 0.6 is 0 Å². The number of fused-ring (bicyclic) bond motifs is 1. The summed E-state index contributed by atoms with van der Waals surface area (Å²) in [6, 6.07) is 20.8. The van der Waals surface area contributed by atoms with E-state index in [0.717, 1.165) is 9.65 Å². The highest BCUT2D eigenvalue weighted by atomic mass is 32.2. The van der Waals surface area contributed by atoms with Gasteiger partial charge in [-0.05, 0) is 49.4 Å². The van der Waals surface area contributed by atoms with Gasteiger partial charge in [0.1, 0.15) is 11.4 Å². The highest BCUT2D eigenvalue weighted by Gasteiger charge is 2.24. The molecular formula is C22H17N3O3S. The van der Waals surface area contributed by atoms with Gasteiger partial charge in [-0.25, -0.2) is 0 Å². The maximum Gasteiger partial charge on any atom is 0.283 e. The smallest absolute Gasteiger partial charge is 0.283 e. The average molecular weight is 403 g/mol. The molecule has 0 amide bonds. The van der Waals surface area contributed by atoms with Crippen LogP contribution in [0.5, 0.6) is 5.75 Å². The largest absolute Gasteiger partial charge is 0.497 e. The summed E-state index contributed by atoms with van der Waals surface area (Å²) in [4.78, 5) is 0.153. The van der Waals surface area contributed by atoms with Gasteiger partial charge in [-0.15, -0.1) is 0 Å². The highest BCUT2D eigenvalue weighted by molar-refractivity contribution is 7.90. The van der Waals surface area contributed by atoms with E-state index in [2.05, 4.69) is 11.2 Å². The monoisotopic (exact) mass is 403 g/mol. The van der Waals surface area contributed by atoms with Crippen molar-refractivity contribution in [2.45, 2.75) is 11.8 Å². The van der Waals surface area contributed by atoms with Crippen molar-refractivity contribution in [2.75, 3.05) is 7.11 Å². The molecule has 0 radical (unpaired) electrons. The molecule has 6 nitrogen and oxygen atoms in total. The van der Waals surface area contributed by atoms with E-state index in [1.165, 1.54) is 0 Å². The molecule has 7 heteroatoms. The van der Waals surface area contributed by atoms with E-state index < -0.39 is 10.0 Å². The third-order valence-corrected chi connectivity index (χ3v) is 6.27. The van der Waals surface area contributed by atoms with Gasteiger partial charge in [0.15, 0.2) is 0 Å². The summed E-state index contributed by atoms with van der Waals surface area (Å²) >= 11 is 0. The zero-order valence-electron chi connectivity index (χ0n) is 15.8. The lowest BCUT2D eigenvalue weighted by Crippen LogP contribution is -2.14. The van der Waals surface area contributed by atoms with Crippen molar-refractivity contribution < 1.29 is 13.2 Å². The quantitative estimate of drug-likeness (QED) is 0.511. The van der Waals surface area contributed by atoms with Gasteiger partial charge in [0.05, 0.1) is 29.2 Å². The number of hydrogen-bond donors (Lipinski definition) is 0. The Balaban J connectivity index is 2.01. The Morgan fingerprint density at radius 3 is 2.48 bits per heavy atom. The van der Waals surface area contributed by atoms with E-state index in [4.69, 9.17) is 4.74 Å². The first-order valence-corrected chi connectivity index (χ1v) is 10.3. The summed E-state index contributed by atoms with van der Waals surface area (Å²) in [6.45, 7) is 1.90. The molecule has 4 rings (SSSR count). The minimum Gasteiger partial charge on any atom is -0.497 e. The van der Waals surface area contributed by atoms with Crippen LogP contribution in [0, 0.1) is 18.3 Å². The van der Waals surface area contributed by atoms with Gasteiger partial charge < -0.3 is 4.74 Å². The molecule has 0 aliphatic carbocycles. The molecule has 0 saturated heterocycles. The Hall–Kier alpha value is -3.63. The molecule has 29 heavy (non-hydrogen) atoms. The molecule has 4 aromatic rings. The number of ether oxygens (including phenoxy) is 1. The minimum absolute atomic E-state index is 0.153. The van der Waals surface area contributed by atoms with Crippen molar-refractivity contribution in [1.29, 1.82) is 5.26 Å². The van der Waals surface area contributed by atoms with Gasteiger partial charge in [-0.3, -0.25) is 0 Å². The summed E-state index contributed by atoms with van der Waals surface area (Å²) in [7, 11) is -2.36. The van der Waals surface area contributed by atoms with E-state index in [0.29, 0.717) is 33.5 Å². The first-order chi connectivity index (χ1) is 13.9. The summed E-state index contributed by atoms with van der Waals surface area (Å²) in [5, 5.41) is 14.3. The molecule has 3 aromatic carbocycles. The van der Waals surface area contributed by atoms with Crippen molar-refractivity contribution in [3.8, 4) is 23.1 Å². The lowest BCUT2D eigenvalue weighted by molar-refractivity contribution is 0.415. The summed E-state index contributed by atoms with van der Waals surface area (Å²) < 4.78 is 33.0. The molecule has 1 aromatic heterocycles. The molecular weight excluding hydrogens is 386 g/mol. The SMILES string of the molecule is COc1ccc2c(c1)c(-c1cccc(C#N)c1)nn2S(=O)(=O)c1ccc(C)cc1. The molecule has 0 spiro atoms. The van der Waals surface area contributed by atoms with Crippen LogP contribution in [0.2, 0.25) is 0 Å². The molecule has 0 N–H and O–H groups in total. The van der Waals surface area contributed by atoms with Gasteiger partial charge in [-0.1, -0.05) is 29.8 Å². The van der Waals surface area contributed by atoms with Crippen LogP contribution in [0.3, 0.4) is 0 Å². The first-order valence-electron chi connectivity index (χ1n) is 8.83. The summed E-state index contributed by atoms with van der Waals surface area (Å²) in [6.07, 6.45) is 0. The number of hydrogen-bond acceptors (Lipinski definition) is 5. The number of aromatic nitrogens is 2. The third-order valence-electron chi connectivity index (χ3n) is 4.67. The fourth-order valence-electron chi connectivity index (χ4n) is 3.14. The molecule has 0 atom stereocenters. The van der Waals surface area contributed by atoms with Gasteiger partial charge in [0.25, 0.3) is 10.0 Å². The van der Waals surface area contributed by atoms with Crippen molar-refractivity contribution >= 4 is 20.9 Å². The standard InChI is InChI=1S/C22H17N3O3S/c1-15-6-9-19(10-7-15)29(26,27)25-21-11-8-18(28-2)13-20(21)22(24-25)17-5-3-4-16(12-17)14-23/h3-13H,1-2H3. The fraction of sp³-hybridized carbons (Fsp3) is 0.0909. The van der Waals surface area contributed by atoms with Crippen molar-refractivity contribution in [3.63, 3.8) is 0 Å². The van der Waals surface area contributed by atoms with E-state index in [9.17, 15) is 13.7 Å². The van der Waals surface area contributed by atoms with Crippen LogP contribution in [0.1, 0.15) is 11.1 Å². The molecule has 0 bridgehead atoms. The second-order valence-electron chi connectivity index (χ2n) is 6.59. The predicted molar refractivity (Wildman–Crippen MR) is 110 cm³/mol. The Kier molecular flexibility index (Phi) is 4.57. The van der Waals surface area contributed by atoms with E-state index >= 15 is 0 Å². The lowest BCUT2D eigenvalue weighted by Gasteiger charge is -2.06. The van der Waals surface area contributed by atoms with Crippen LogP contribution in [0.15, 0.2) is 71.6 Å². The number of benzene rings is 3. The zero-order chi connectivity index (χ0) is 20.6. The normalized spacial score (nSPS) is 11.3. The van der Waals surface area contributed by atoms with Gasteiger partial charge >= 0.3 is 0 Å². The maximum atomic E-state index is 13.3. The average Bonchev–Trinajstić information content (AvgIpc) is 3.13. The van der Waals surface area contributed by atoms with E-state index in [1.54, 1.807) is 73.8 Å². The number of aryl methyl sites for hydroxylation is 1. The van der Waals surface area contributed by atoms with Gasteiger partial charge in [0.2, 0.25) is 0 Å². The molecule has 0 unspecified atom stereocenters. The highest BCUT2D eigenvalue weighted by Crippen LogP contribution is 2.33. The van der Waals surface area contributed by atoms with Crippen LogP contribution < -0.4 is 4.74 Å². The number of nitrogens with zero attached hydrogens (tertiary/aromatic N) is 3. The molecule has 0 saturated carbocycles. The first kappa shape index (κ1) is 18.7.